The van der Waals surface area contributed by atoms with Gasteiger partial charge in [-0.3, -0.25) is 24.5 Å². The van der Waals surface area contributed by atoms with Crippen LogP contribution in [0.2, 0.25) is 10.0 Å². The molecule has 142 valence electrons. The largest absolute Gasteiger partial charge is 0.295 e. The third-order valence-corrected chi connectivity index (χ3v) is 6.29. The van der Waals surface area contributed by atoms with Gasteiger partial charge in [-0.1, -0.05) is 66.5 Å². The summed E-state index contributed by atoms with van der Waals surface area (Å²) in [5.41, 5.74) is 1.42. The summed E-state index contributed by atoms with van der Waals surface area (Å²) in [4.78, 5) is 48.9. The Hall–Kier alpha value is -2.50. The van der Waals surface area contributed by atoms with Crippen molar-refractivity contribution in [2.75, 3.05) is 0 Å². The first-order chi connectivity index (χ1) is 13.2. The Bertz CT molecular complexity index is 1060. The van der Waals surface area contributed by atoms with E-state index in [4.69, 9.17) is 23.2 Å². The quantitative estimate of drug-likeness (QED) is 0.473. The molecule has 1 saturated heterocycles. The van der Waals surface area contributed by atoms with Gasteiger partial charge in [0.2, 0.25) is 11.7 Å². The number of fused-ring (bicyclic) bond motifs is 1. The fourth-order valence-electron chi connectivity index (χ4n) is 4.07. The number of benzene rings is 2. The van der Waals surface area contributed by atoms with Crippen LogP contribution in [0.15, 0.2) is 36.4 Å². The molecule has 2 aromatic carbocycles. The second-order valence-electron chi connectivity index (χ2n) is 7.47. The second-order valence-corrected chi connectivity index (χ2v) is 8.23. The number of rotatable bonds is 3. The Balaban J connectivity index is 1.77. The molecule has 1 aliphatic heterocycles. The zero-order chi connectivity index (χ0) is 20.2. The first kappa shape index (κ1) is 18.8. The number of amides is 2. The molecule has 5 nitrogen and oxygen atoms in total. The molecule has 2 aliphatic rings. The van der Waals surface area contributed by atoms with Crippen molar-refractivity contribution in [3.63, 3.8) is 0 Å². The minimum absolute atomic E-state index is 0.0240. The van der Waals surface area contributed by atoms with E-state index in [1.165, 1.54) is 0 Å². The first-order valence-corrected chi connectivity index (χ1v) is 9.47. The van der Waals surface area contributed by atoms with Gasteiger partial charge in [0.05, 0.1) is 10.0 Å². The van der Waals surface area contributed by atoms with Gasteiger partial charge in [0.1, 0.15) is 5.92 Å². The number of hydrogen-bond donors (Lipinski definition) is 1. The van der Waals surface area contributed by atoms with E-state index in [9.17, 15) is 19.2 Å². The summed E-state index contributed by atoms with van der Waals surface area (Å²) < 4.78 is 0. The van der Waals surface area contributed by atoms with Gasteiger partial charge in [-0.25, -0.2) is 0 Å². The predicted octanol–water partition coefficient (Wildman–Crippen LogP) is 3.29. The molecule has 0 spiro atoms. The minimum Gasteiger partial charge on any atom is -0.293 e. The van der Waals surface area contributed by atoms with Crippen molar-refractivity contribution >= 4 is 46.6 Å². The molecule has 1 N–H and O–H groups in total. The van der Waals surface area contributed by atoms with Gasteiger partial charge in [-0.05, 0) is 29.5 Å². The molecule has 2 atom stereocenters. The highest BCUT2D eigenvalue weighted by Crippen LogP contribution is 2.47. The molecule has 0 saturated carbocycles. The normalized spacial score (nSPS) is 23.9. The average molecular weight is 416 g/mol. The van der Waals surface area contributed by atoms with E-state index in [0.29, 0.717) is 24.0 Å². The molecule has 4 rings (SSSR count). The third kappa shape index (κ3) is 2.77. The zero-order valence-corrected chi connectivity index (χ0v) is 16.4. The molecule has 7 heteroatoms. The van der Waals surface area contributed by atoms with Gasteiger partial charge >= 0.3 is 0 Å². The van der Waals surface area contributed by atoms with Gasteiger partial charge in [0.15, 0.2) is 5.78 Å². The van der Waals surface area contributed by atoms with Crippen molar-refractivity contribution in [3.8, 4) is 0 Å². The minimum atomic E-state index is -1.33. The summed E-state index contributed by atoms with van der Waals surface area (Å²) in [6.45, 7) is 1.86. The van der Waals surface area contributed by atoms with Crippen molar-refractivity contribution in [2.24, 2.45) is 5.41 Å². The Kier molecular flexibility index (Phi) is 4.40. The van der Waals surface area contributed by atoms with Crippen molar-refractivity contribution in [1.82, 2.24) is 5.32 Å². The molecule has 2 amide bonds. The summed E-state index contributed by atoms with van der Waals surface area (Å²) in [5.74, 6) is -4.03. The summed E-state index contributed by atoms with van der Waals surface area (Å²) in [7, 11) is 0. The number of nitrogens with one attached hydrogen (secondary N) is 1. The van der Waals surface area contributed by atoms with E-state index in [2.05, 4.69) is 0 Å². The summed E-state index contributed by atoms with van der Waals surface area (Å²) in [6, 6.07) is 11.2. The van der Waals surface area contributed by atoms with Crippen molar-refractivity contribution < 1.29 is 19.2 Å². The summed E-state index contributed by atoms with van der Waals surface area (Å²) in [5, 5.41) is 1.97. The zero-order valence-electron chi connectivity index (χ0n) is 14.8. The number of ketones is 2. The highest BCUT2D eigenvalue weighted by Gasteiger charge is 2.47. The highest BCUT2D eigenvalue weighted by molar-refractivity contribution is 6.51. The molecular formula is C21H15Cl2NO4. The smallest absolute Gasteiger partial charge is 0.293 e. The lowest BCUT2D eigenvalue weighted by atomic mass is 9.80. The fourth-order valence-corrected chi connectivity index (χ4v) is 4.64. The Morgan fingerprint density at radius 1 is 1.07 bits per heavy atom. The molecule has 0 bridgehead atoms. The van der Waals surface area contributed by atoms with E-state index >= 15 is 0 Å². The Morgan fingerprint density at radius 3 is 2.36 bits per heavy atom. The number of halogens is 2. The van der Waals surface area contributed by atoms with E-state index < -0.39 is 28.9 Å². The van der Waals surface area contributed by atoms with Crippen molar-refractivity contribution in [3.05, 3.63) is 68.7 Å². The Morgan fingerprint density at radius 2 is 1.75 bits per heavy atom. The first-order valence-electron chi connectivity index (χ1n) is 8.71. The number of carbonyl (C=O) groups is 4. The number of Topliss-reactive ketones (excluding diaryl/α,β-unsaturated/α-hetero) is 2. The Labute approximate surface area is 171 Å². The monoisotopic (exact) mass is 415 g/mol. The van der Waals surface area contributed by atoms with Gasteiger partial charge < -0.3 is 0 Å². The van der Waals surface area contributed by atoms with E-state index in [0.717, 1.165) is 5.56 Å². The standard InChI is InChI=1S/C21H15Cl2NO4/c1-21(8-10-5-3-2-4-6-10)9-11-7-12(14-17(25)20(28)24-19(14)27)15(22)16(23)13(11)18(21)26/h2-7,14H,8-9H2,1H3,(H,24,27,28). The molecular weight excluding hydrogens is 401 g/mol. The van der Waals surface area contributed by atoms with Crippen molar-refractivity contribution in [2.45, 2.75) is 25.7 Å². The van der Waals surface area contributed by atoms with Crippen LogP contribution in [0.3, 0.4) is 0 Å². The topological polar surface area (TPSA) is 80.3 Å². The summed E-state index contributed by atoms with van der Waals surface area (Å²) >= 11 is 12.7. The van der Waals surface area contributed by atoms with Crippen LogP contribution in [0, 0.1) is 5.41 Å². The highest BCUT2D eigenvalue weighted by atomic mass is 35.5. The average Bonchev–Trinajstić information content (AvgIpc) is 3.04. The van der Waals surface area contributed by atoms with Crippen LogP contribution in [0.5, 0.6) is 0 Å². The maximum absolute atomic E-state index is 13.2. The van der Waals surface area contributed by atoms with E-state index in [1.807, 2.05) is 42.6 Å². The maximum atomic E-state index is 13.2. The molecule has 1 aliphatic carbocycles. The number of carbonyl (C=O) groups excluding carboxylic acids is 4. The molecule has 2 aromatic rings. The van der Waals surface area contributed by atoms with Crippen LogP contribution in [-0.2, 0) is 27.2 Å². The van der Waals surface area contributed by atoms with E-state index in [1.54, 1.807) is 6.07 Å². The van der Waals surface area contributed by atoms with Crippen LogP contribution >= 0.6 is 23.2 Å². The SMILES string of the molecule is CC1(Cc2ccccc2)Cc2cc(C3C(=O)NC(=O)C3=O)c(Cl)c(Cl)c2C1=O. The second kappa shape index (κ2) is 6.54. The lowest BCUT2D eigenvalue weighted by molar-refractivity contribution is -0.135. The predicted molar refractivity (Wildman–Crippen MR) is 104 cm³/mol. The fraction of sp³-hybridized carbons (Fsp3) is 0.238. The third-order valence-electron chi connectivity index (χ3n) is 5.41. The lowest BCUT2D eigenvalue weighted by Crippen LogP contribution is -2.26. The molecule has 2 unspecified atom stereocenters. The molecule has 1 fully saturated rings. The summed E-state index contributed by atoms with van der Waals surface area (Å²) in [6.07, 6.45) is 0.919. The van der Waals surface area contributed by atoms with Gasteiger partial charge in [0.25, 0.3) is 5.91 Å². The van der Waals surface area contributed by atoms with E-state index in [-0.39, 0.29) is 21.4 Å². The van der Waals surface area contributed by atoms with Crippen LogP contribution < -0.4 is 5.32 Å². The van der Waals surface area contributed by atoms with Crippen LogP contribution in [0.1, 0.15) is 39.9 Å². The van der Waals surface area contributed by atoms with Crippen molar-refractivity contribution in [1.29, 1.82) is 0 Å². The van der Waals surface area contributed by atoms with Crippen LogP contribution in [0.25, 0.3) is 0 Å². The molecule has 1 heterocycles. The maximum Gasteiger partial charge on any atom is 0.295 e. The lowest BCUT2D eigenvalue weighted by Gasteiger charge is -2.22. The van der Waals surface area contributed by atoms with Gasteiger partial charge in [-0.2, -0.15) is 0 Å². The number of hydrogen-bond acceptors (Lipinski definition) is 4. The van der Waals surface area contributed by atoms with Crippen LogP contribution in [-0.4, -0.2) is 23.4 Å². The van der Waals surface area contributed by atoms with Crippen LogP contribution in [0.4, 0.5) is 0 Å². The number of imide groups is 1. The van der Waals surface area contributed by atoms with Gasteiger partial charge in [0, 0.05) is 11.0 Å². The molecule has 0 radical (unpaired) electrons. The molecule has 0 aromatic heterocycles. The van der Waals surface area contributed by atoms with Gasteiger partial charge in [-0.15, -0.1) is 0 Å². The molecule has 28 heavy (non-hydrogen) atoms.